The molecule has 0 spiro atoms. The van der Waals surface area contributed by atoms with E-state index in [1.807, 2.05) is 18.2 Å². The summed E-state index contributed by atoms with van der Waals surface area (Å²) in [5, 5.41) is 9.35. The molecular weight excluding hydrogens is 488 g/mol. The molecule has 0 aliphatic heterocycles. The molecule has 0 saturated carbocycles. The summed E-state index contributed by atoms with van der Waals surface area (Å²) < 4.78 is 13.1. The second kappa shape index (κ2) is 8.08. The fourth-order valence-electron chi connectivity index (χ4n) is 6.54. The number of rotatable bonds is 2. The minimum atomic E-state index is 0.880. The number of hydrogen-bond acceptors (Lipinski definition) is 2. The minimum Gasteiger partial charge on any atom is -0.456 e. The second-order valence-electron chi connectivity index (χ2n) is 10.4. The van der Waals surface area contributed by atoms with Gasteiger partial charge in [0, 0.05) is 32.7 Å². The highest BCUT2D eigenvalue weighted by Gasteiger charge is 2.23. The van der Waals surface area contributed by atoms with Gasteiger partial charge in [-0.05, 0) is 56.9 Å². The van der Waals surface area contributed by atoms with Crippen LogP contribution in [0.1, 0.15) is 0 Å². The predicted molar refractivity (Wildman–Crippen MR) is 167 cm³/mol. The van der Waals surface area contributed by atoms with Crippen LogP contribution in [0.25, 0.3) is 87.7 Å². The zero-order valence-electron chi connectivity index (χ0n) is 21.5. The molecule has 0 fully saturated rings. The summed E-state index contributed by atoms with van der Waals surface area (Å²) in [5.41, 5.74) is 8.17. The van der Waals surface area contributed by atoms with E-state index in [1.165, 1.54) is 27.3 Å². The third kappa shape index (κ3) is 2.93. The summed E-state index contributed by atoms with van der Waals surface area (Å²) in [6, 6.07) is 47.1. The van der Waals surface area contributed by atoms with E-state index in [2.05, 4.69) is 115 Å². The topological polar surface area (TPSA) is 26.3 Å². The Morgan fingerprint density at radius 1 is 0.375 bits per heavy atom. The van der Waals surface area contributed by atoms with Crippen molar-refractivity contribution in [2.45, 2.75) is 0 Å². The summed E-state index contributed by atoms with van der Waals surface area (Å²) in [5.74, 6) is 0. The van der Waals surface area contributed by atoms with E-state index in [-0.39, 0.29) is 0 Å². The molecule has 0 unspecified atom stereocenters. The lowest BCUT2D eigenvalue weighted by molar-refractivity contribution is 0.668. The first-order valence-electron chi connectivity index (χ1n) is 13.6. The van der Waals surface area contributed by atoms with Crippen molar-refractivity contribution in [3.8, 4) is 22.3 Å². The quantitative estimate of drug-likeness (QED) is 0.231. The molecule has 186 valence electrons. The highest BCUT2D eigenvalue weighted by Crippen LogP contribution is 2.49. The Morgan fingerprint density at radius 2 is 0.975 bits per heavy atom. The van der Waals surface area contributed by atoms with Crippen LogP contribution in [0.4, 0.5) is 0 Å². The molecule has 0 radical (unpaired) electrons. The average molecular weight is 511 g/mol. The van der Waals surface area contributed by atoms with Gasteiger partial charge in [-0.1, -0.05) is 109 Å². The van der Waals surface area contributed by atoms with Gasteiger partial charge in [-0.2, -0.15) is 0 Å². The highest BCUT2D eigenvalue weighted by atomic mass is 16.3. The van der Waals surface area contributed by atoms with Gasteiger partial charge in [-0.3, -0.25) is 0 Å². The second-order valence-corrected chi connectivity index (χ2v) is 10.4. The molecule has 0 bridgehead atoms. The lowest BCUT2D eigenvalue weighted by atomic mass is 9.86. The molecule has 0 amide bonds. The Balaban J connectivity index is 1.47. The Kier molecular flexibility index (Phi) is 4.36. The maximum absolute atomic E-state index is 6.76. The Bertz CT molecular complexity index is 2430. The van der Waals surface area contributed by atoms with Gasteiger partial charge in [0.15, 0.2) is 0 Å². The molecule has 7 aromatic carbocycles. The molecule has 0 N–H and O–H groups in total. The van der Waals surface area contributed by atoms with Crippen molar-refractivity contribution in [1.82, 2.24) is 0 Å². The van der Waals surface area contributed by atoms with Crippen molar-refractivity contribution < 1.29 is 8.83 Å². The molecule has 2 heteroatoms. The van der Waals surface area contributed by atoms with Gasteiger partial charge in [-0.25, -0.2) is 0 Å². The van der Waals surface area contributed by atoms with Gasteiger partial charge < -0.3 is 8.83 Å². The Hall–Kier alpha value is -5.34. The normalized spacial score (nSPS) is 12.0. The summed E-state index contributed by atoms with van der Waals surface area (Å²) in [4.78, 5) is 0. The molecular formula is C38H22O2. The van der Waals surface area contributed by atoms with Crippen LogP contribution in [0.2, 0.25) is 0 Å². The van der Waals surface area contributed by atoms with E-state index in [0.717, 1.165) is 60.4 Å². The largest absolute Gasteiger partial charge is 0.456 e. The van der Waals surface area contributed by atoms with Crippen LogP contribution in [0.3, 0.4) is 0 Å². The molecule has 40 heavy (non-hydrogen) atoms. The van der Waals surface area contributed by atoms with Crippen LogP contribution in [-0.4, -0.2) is 0 Å². The Morgan fingerprint density at radius 3 is 1.80 bits per heavy atom. The molecule has 0 atom stereocenters. The molecule has 9 aromatic rings. The van der Waals surface area contributed by atoms with E-state index in [0.29, 0.717) is 0 Å². The average Bonchev–Trinajstić information content (AvgIpc) is 3.58. The standard InChI is InChI=1S/C38H22O2/c1-2-12-25-23(10-1)11-9-17-28(25)36-30-15-4-3-14-29(30)35(38-37(36)31-16-6-8-19-33(31)40-38)24-20-21-27-26-13-5-7-18-32(26)39-34(27)22-24/h1-22H. The molecule has 0 saturated heterocycles. The van der Waals surface area contributed by atoms with Gasteiger partial charge in [0.1, 0.15) is 22.3 Å². The predicted octanol–water partition coefficient (Wildman–Crippen LogP) is 11.1. The zero-order chi connectivity index (χ0) is 26.2. The first-order chi connectivity index (χ1) is 19.8. The lowest BCUT2D eigenvalue weighted by Gasteiger charge is -2.16. The molecule has 2 nitrogen and oxygen atoms in total. The zero-order valence-corrected chi connectivity index (χ0v) is 21.5. The number of hydrogen-bond donors (Lipinski definition) is 0. The van der Waals surface area contributed by atoms with Crippen LogP contribution in [0, 0.1) is 0 Å². The third-order valence-electron chi connectivity index (χ3n) is 8.26. The SMILES string of the molecule is c1ccc2c(-c3c4ccccc4c(-c4ccc5c(c4)oc4ccccc45)c4oc5ccccc5c34)cccc2c1. The van der Waals surface area contributed by atoms with E-state index >= 15 is 0 Å². The maximum Gasteiger partial charge on any atom is 0.144 e. The summed E-state index contributed by atoms with van der Waals surface area (Å²) in [7, 11) is 0. The molecule has 0 aliphatic carbocycles. The number of furan rings is 2. The van der Waals surface area contributed by atoms with E-state index < -0.39 is 0 Å². The van der Waals surface area contributed by atoms with Crippen LogP contribution in [0.15, 0.2) is 142 Å². The first-order valence-corrected chi connectivity index (χ1v) is 13.6. The van der Waals surface area contributed by atoms with Gasteiger partial charge in [-0.15, -0.1) is 0 Å². The van der Waals surface area contributed by atoms with E-state index in [1.54, 1.807) is 0 Å². The van der Waals surface area contributed by atoms with Crippen LogP contribution < -0.4 is 0 Å². The Labute approximate surface area is 229 Å². The summed E-state index contributed by atoms with van der Waals surface area (Å²) >= 11 is 0. The minimum absolute atomic E-state index is 0.880. The molecule has 9 rings (SSSR count). The van der Waals surface area contributed by atoms with Crippen molar-refractivity contribution in [3.63, 3.8) is 0 Å². The van der Waals surface area contributed by atoms with Crippen molar-refractivity contribution in [1.29, 1.82) is 0 Å². The van der Waals surface area contributed by atoms with Crippen molar-refractivity contribution in [2.24, 2.45) is 0 Å². The van der Waals surface area contributed by atoms with Crippen LogP contribution >= 0.6 is 0 Å². The lowest BCUT2D eigenvalue weighted by Crippen LogP contribution is -1.90. The van der Waals surface area contributed by atoms with Crippen LogP contribution in [-0.2, 0) is 0 Å². The van der Waals surface area contributed by atoms with Gasteiger partial charge in [0.25, 0.3) is 0 Å². The van der Waals surface area contributed by atoms with Crippen molar-refractivity contribution >= 4 is 65.4 Å². The van der Waals surface area contributed by atoms with Crippen molar-refractivity contribution in [3.05, 3.63) is 133 Å². The monoisotopic (exact) mass is 510 g/mol. The first kappa shape index (κ1) is 21.6. The number of benzene rings is 7. The van der Waals surface area contributed by atoms with Gasteiger partial charge in [0.05, 0.1) is 0 Å². The summed E-state index contributed by atoms with van der Waals surface area (Å²) in [6.07, 6.45) is 0. The molecule has 0 aliphatic rings. The highest BCUT2D eigenvalue weighted by molar-refractivity contribution is 6.28. The molecule has 2 heterocycles. The van der Waals surface area contributed by atoms with Crippen molar-refractivity contribution in [2.75, 3.05) is 0 Å². The third-order valence-corrected chi connectivity index (χ3v) is 8.26. The van der Waals surface area contributed by atoms with Crippen LogP contribution in [0.5, 0.6) is 0 Å². The van der Waals surface area contributed by atoms with E-state index in [4.69, 9.17) is 8.83 Å². The molecule has 2 aromatic heterocycles. The maximum atomic E-state index is 6.76. The smallest absolute Gasteiger partial charge is 0.144 e. The van der Waals surface area contributed by atoms with E-state index in [9.17, 15) is 0 Å². The van der Waals surface area contributed by atoms with Gasteiger partial charge >= 0.3 is 0 Å². The number of fused-ring (bicyclic) bond motifs is 8. The fourth-order valence-corrected chi connectivity index (χ4v) is 6.54. The van der Waals surface area contributed by atoms with Gasteiger partial charge in [0.2, 0.25) is 0 Å². The number of para-hydroxylation sites is 2. The summed E-state index contributed by atoms with van der Waals surface area (Å²) in [6.45, 7) is 0. The fraction of sp³-hybridized carbons (Fsp3) is 0.